The van der Waals surface area contributed by atoms with Crippen molar-refractivity contribution < 1.29 is 9.59 Å². The summed E-state index contributed by atoms with van der Waals surface area (Å²) in [5.74, 6) is 1.05. The summed E-state index contributed by atoms with van der Waals surface area (Å²) in [4.78, 5) is 31.6. The molecule has 3 aromatic rings. The molecule has 1 aliphatic heterocycles. The first-order chi connectivity index (χ1) is 14.1. The van der Waals surface area contributed by atoms with Gasteiger partial charge in [0.1, 0.15) is 5.01 Å². The molecule has 1 fully saturated rings. The zero-order valence-corrected chi connectivity index (χ0v) is 17.9. The molecule has 0 radical (unpaired) electrons. The van der Waals surface area contributed by atoms with Gasteiger partial charge in [-0.25, -0.2) is 4.98 Å². The highest BCUT2D eigenvalue weighted by Gasteiger charge is 2.22. The lowest BCUT2D eigenvalue weighted by Crippen LogP contribution is -2.28. The van der Waals surface area contributed by atoms with Gasteiger partial charge in [0.05, 0.1) is 16.0 Å². The van der Waals surface area contributed by atoms with Gasteiger partial charge in [0, 0.05) is 30.1 Å². The van der Waals surface area contributed by atoms with Gasteiger partial charge in [0.15, 0.2) is 0 Å². The third-order valence-electron chi connectivity index (χ3n) is 5.03. The molecule has 2 aromatic carbocycles. The lowest BCUT2D eigenvalue weighted by atomic mass is 10.1. The Labute approximate surface area is 178 Å². The number of carbonyl (C=O) groups is 2. The molecule has 0 spiro atoms. The Balaban J connectivity index is 1.34. The van der Waals surface area contributed by atoms with Gasteiger partial charge in [-0.2, -0.15) is 0 Å². The van der Waals surface area contributed by atoms with Crippen molar-refractivity contribution in [1.82, 2.24) is 9.88 Å². The summed E-state index contributed by atoms with van der Waals surface area (Å²) in [6.45, 7) is 3.53. The van der Waals surface area contributed by atoms with Crippen LogP contribution in [0, 0.1) is 6.92 Å². The van der Waals surface area contributed by atoms with Crippen molar-refractivity contribution in [3.05, 3.63) is 58.6 Å². The van der Waals surface area contributed by atoms with Crippen LogP contribution in [-0.2, 0) is 10.5 Å². The maximum atomic E-state index is 12.7. The molecule has 4 rings (SSSR count). The molecule has 0 bridgehead atoms. The van der Waals surface area contributed by atoms with E-state index in [-0.39, 0.29) is 11.8 Å². The summed E-state index contributed by atoms with van der Waals surface area (Å²) >= 11 is 3.21. The summed E-state index contributed by atoms with van der Waals surface area (Å²) < 4.78 is 1.17. The van der Waals surface area contributed by atoms with Crippen LogP contribution in [0.3, 0.4) is 0 Å². The van der Waals surface area contributed by atoms with Crippen molar-refractivity contribution in [2.24, 2.45) is 0 Å². The van der Waals surface area contributed by atoms with Gasteiger partial charge in [-0.15, -0.1) is 23.1 Å². The molecule has 150 valence electrons. The lowest BCUT2D eigenvalue weighted by molar-refractivity contribution is -0.113. The number of para-hydroxylation sites is 1. The van der Waals surface area contributed by atoms with E-state index in [1.807, 2.05) is 48.2 Å². The standard InChI is InChI=1S/C22H23N3O2S2/c1-15-16(22(27)25-11-4-5-12-25)7-6-9-17(15)23-20(26)13-28-14-21-24-18-8-2-3-10-19(18)29-21/h2-3,6-10H,4-5,11-14H2,1H3,(H,23,26). The third kappa shape index (κ3) is 4.62. The maximum Gasteiger partial charge on any atom is 0.254 e. The van der Waals surface area contributed by atoms with E-state index in [0.29, 0.717) is 22.8 Å². The molecule has 2 amide bonds. The number of rotatable bonds is 6. The zero-order valence-electron chi connectivity index (χ0n) is 16.3. The Hall–Kier alpha value is -2.38. The van der Waals surface area contributed by atoms with Crippen LogP contribution < -0.4 is 5.32 Å². The van der Waals surface area contributed by atoms with Crippen LogP contribution in [0.25, 0.3) is 10.2 Å². The molecule has 1 saturated heterocycles. The predicted molar refractivity (Wildman–Crippen MR) is 121 cm³/mol. The summed E-state index contributed by atoms with van der Waals surface area (Å²) in [6, 6.07) is 13.6. The Morgan fingerprint density at radius 3 is 2.72 bits per heavy atom. The van der Waals surface area contributed by atoms with Gasteiger partial charge < -0.3 is 10.2 Å². The molecule has 0 unspecified atom stereocenters. The van der Waals surface area contributed by atoms with E-state index >= 15 is 0 Å². The van der Waals surface area contributed by atoms with Crippen molar-refractivity contribution in [3.63, 3.8) is 0 Å². The number of thioether (sulfide) groups is 1. The second-order valence-electron chi connectivity index (χ2n) is 7.09. The van der Waals surface area contributed by atoms with Crippen LogP contribution in [0.4, 0.5) is 5.69 Å². The lowest BCUT2D eigenvalue weighted by Gasteiger charge is -2.18. The number of fused-ring (bicyclic) bond motifs is 1. The second kappa shape index (κ2) is 8.97. The third-order valence-corrected chi connectivity index (χ3v) is 7.19. The summed E-state index contributed by atoms with van der Waals surface area (Å²) in [7, 11) is 0. The molecular formula is C22H23N3O2S2. The number of anilines is 1. The number of carbonyl (C=O) groups excluding carboxylic acids is 2. The number of amides is 2. The number of likely N-dealkylation sites (tertiary alicyclic amines) is 1. The Morgan fingerprint density at radius 2 is 1.93 bits per heavy atom. The number of thiazole rings is 1. The van der Waals surface area contributed by atoms with E-state index in [4.69, 9.17) is 0 Å². The quantitative estimate of drug-likeness (QED) is 0.621. The highest BCUT2D eigenvalue weighted by Crippen LogP contribution is 2.25. The van der Waals surface area contributed by atoms with E-state index in [0.717, 1.165) is 42.0 Å². The number of hydrogen-bond donors (Lipinski definition) is 1. The van der Waals surface area contributed by atoms with Gasteiger partial charge in [0.2, 0.25) is 5.91 Å². The summed E-state index contributed by atoms with van der Waals surface area (Å²) in [6.07, 6.45) is 2.13. The van der Waals surface area contributed by atoms with E-state index in [2.05, 4.69) is 16.4 Å². The first-order valence-electron chi connectivity index (χ1n) is 9.73. The Kier molecular flexibility index (Phi) is 6.16. The molecule has 1 aromatic heterocycles. The largest absolute Gasteiger partial charge is 0.339 e. The molecule has 7 heteroatoms. The number of nitrogens with one attached hydrogen (secondary N) is 1. The number of hydrogen-bond acceptors (Lipinski definition) is 5. The van der Waals surface area contributed by atoms with Gasteiger partial charge in [-0.05, 0) is 49.6 Å². The maximum absolute atomic E-state index is 12.7. The van der Waals surface area contributed by atoms with Gasteiger partial charge >= 0.3 is 0 Å². The first-order valence-corrected chi connectivity index (χ1v) is 11.7. The predicted octanol–water partition coefficient (Wildman–Crippen LogP) is 4.71. The van der Waals surface area contributed by atoms with Crippen LogP contribution in [0.15, 0.2) is 42.5 Å². The molecule has 2 heterocycles. The minimum atomic E-state index is -0.0648. The van der Waals surface area contributed by atoms with Crippen LogP contribution in [0.1, 0.15) is 33.8 Å². The van der Waals surface area contributed by atoms with E-state index < -0.39 is 0 Å². The molecule has 0 aliphatic carbocycles. The van der Waals surface area contributed by atoms with Gasteiger partial charge in [-0.1, -0.05) is 18.2 Å². The fourth-order valence-electron chi connectivity index (χ4n) is 3.49. The monoisotopic (exact) mass is 425 g/mol. The van der Waals surface area contributed by atoms with E-state index in [9.17, 15) is 9.59 Å². The molecule has 0 atom stereocenters. The Morgan fingerprint density at radius 1 is 1.14 bits per heavy atom. The van der Waals surface area contributed by atoms with Crippen molar-refractivity contribution >= 4 is 50.8 Å². The summed E-state index contributed by atoms with van der Waals surface area (Å²) in [5, 5.41) is 3.99. The van der Waals surface area contributed by atoms with Crippen LogP contribution >= 0.6 is 23.1 Å². The van der Waals surface area contributed by atoms with Crippen molar-refractivity contribution in [2.45, 2.75) is 25.5 Å². The molecule has 1 aliphatic rings. The van der Waals surface area contributed by atoms with Gasteiger partial charge in [0.25, 0.3) is 5.91 Å². The number of nitrogens with zero attached hydrogens (tertiary/aromatic N) is 2. The first kappa shape index (κ1) is 19.9. The second-order valence-corrected chi connectivity index (χ2v) is 9.19. The average Bonchev–Trinajstić information content (AvgIpc) is 3.38. The smallest absolute Gasteiger partial charge is 0.254 e. The van der Waals surface area contributed by atoms with Crippen molar-refractivity contribution in [3.8, 4) is 0 Å². The van der Waals surface area contributed by atoms with E-state index in [1.165, 1.54) is 4.70 Å². The van der Waals surface area contributed by atoms with Crippen molar-refractivity contribution in [2.75, 3.05) is 24.2 Å². The number of benzene rings is 2. The highest BCUT2D eigenvalue weighted by atomic mass is 32.2. The van der Waals surface area contributed by atoms with Gasteiger partial charge in [-0.3, -0.25) is 9.59 Å². The van der Waals surface area contributed by atoms with Crippen LogP contribution in [0.2, 0.25) is 0 Å². The molecule has 1 N–H and O–H groups in total. The average molecular weight is 426 g/mol. The fourth-order valence-corrected chi connectivity index (χ4v) is 5.34. The highest BCUT2D eigenvalue weighted by molar-refractivity contribution is 7.99. The number of aromatic nitrogens is 1. The van der Waals surface area contributed by atoms with Crippen LogP contribution in [-0.4, -0.2) is 40.5 Å². The fraction of sp³-hybridized carbons (Fsp3) is 0.318. The molecule has 5 nitrogen and oxygen atoms in total. The summed E-state index contributed by atoms with van der Waals surface area (Å²) in [5.41, 5.74) is 3.22. The SMILES string of the molecule is Cc1c(NC(=O)CSCc2nc3ccccc3s2)cccc1C(=O)N1CCCC1. The minimum Gasteiger partial charge on any atom is -0.339 e. The Bertz CT molecular complexity index is 1010. The zero-order chi connectivity index (χ0) is 20.2. The van der Waals surface area contributed by atoms with E-state index in [1.54, 1.807) is 23.1 Å². The minimum absolute atomic E-state index is 0.0568. The topological polar surface area (TPSA) is 62.3 Å². The molecular weight excluding hydrogens is 402 g/mol. The van der Waals surface area contributed by atoms with Crippen LogP contribution in [0.5, 0.6) is 0 Å². The molecule has 29 heavy (non-hydrogen) atoms. The molecule has 0 saturated carbocycles. The normalized spacial score (nSPS) is 13.8. The van der Waals surface area contributed by atoms with Crippen molar-refractivity contribution in [1.29, 1.82) is 0 Å².